The van der Waals surface area contributed by atoms with Gasteiger partial charge in [0.05, 0.1) is 10.0 Å². The van der Waals surface area contributed by atoms with E-state index in [0.29, 0.717) is 21.5 Å². The van der Waals surface area contributed by atoms with E-state index in [-0.39, 0.29) is 0 Å². The van der Waals surface area contributed by atoms with Crippen LogP contribution < -0.4 is 0 Å². The molecule has 1 aliphatic heterocycles. The molecule has 1 unspecified atom stereocenters. The molecule has 3 heteroatoms. The van der Waals surface area contributed by atoms with Gasteiger partial charge in [0.25, 0.3) is 0 Å². The van der Waals surface area contributed by atoms with Crippen LogP contribution in [0.3, 0.4) is 0 Å². The zero-order chi connectivity index (χ0) is 13.5. The van der Waals surface area contributed by atoms with Crippen LogP contribution in [0.1, 0.15) is 44.6 Å². The van der Waals surface area contributed by atoms with Gasteiger partial charge in [-0.25, -0.2) is 0 Å². The summed E-state index contributed by atoms with van der Waals surface area (Å²) in [5.41, 5.74) is 1.69. The van der Waals surface area contributed by atoms with Crippen molar-refractivity contribution in [2.75, 3.05) is 13.1 Å². The monoisotopic (exact) mass is 297 g/mol. The number of nitrogens with zero attached hydrogens (tertiary/aromatic N) is 1. The summed E-state index contributed by atoms with van der Waals surface area (Å²) in [6.45, 7) is 4.90. The lowest BCUT2D eigenvalue weighted by Gasteiger charge is -2.50. The minimum Gasteiger partial charge on any atom is -0.300 e. The van der Waals surface area contributed by atoms with Crippen LogP contribution in [0.2, 0.25) is 10.0 Å². The van der Waals surface area contributed by atoms with Gasteiger partial charge in [0.15, 0.2) is 0 Å². The molecule has 1 aliphatic carbocycles. The molecule has 1 heterocycles. The Bertz CT molecular complexity index is 462. The molecule has 1 saturated heterocycles. The predicted molar refractivity (Wildman–Crippen MR) is 82.3 cm³/mol. The van der Waals surface area contributed by atoms with Gasteiger partial charge in [-0.3, -0.25) is 4.90 Å². The normalized spacial score (nSPS) is 24.2. The summed E-state index contributed by atoms with van der Waals surface area (Å²) in [7, 11) is 0. The fourth-order valence-corrected chi connectivity index (χ4v) is 4.09. The van der Waals surface area contributed by atoms with Crippen molar-refractivity contribution in [2.45, 2.75) is 50.5 Å². The first-order valence-electron chi connectivity index (χ1n) is 7.33. The second-order valence-electron chi connectivity index (χ2n) is 6.06. The summed E-state index contributed by atoms with van der Waals surface area (Å²) >= 11 is 12.3. The third-order valence-corrected chi connectivity index (χ3v) is 5.97. The van der Waals surface area contributed by atoms with Gasteiger partial charge in [-0.15, -0.1) is 0 Å². The van der Waals surface area contributed by atoms with E-state index < -0.39 is 0 Å². The Balaban J connectivity index is 1.91. The fourth-order valence-electron chi connectivity index (χ4n) is 3.79. The maximum Gasteiger partial charge on any atom is 0.0595 e. The molecule has 0 amide bonds. The van der Waals surface area contributed by atoms with Crippen LogP contribution in [0, 0.1) is 0 Å². The highest BCUT2D eigenvalue weighted by atomic mass is 35.5. The average molecular weight is 298 g/mol. The molecular weight excluding hydrogens is 277 g/mol. The minimum atomic E-state index is 0.304. The highest BCUT2D eigenvalue weighted by Gasteiger charge is 2.46. The van der Waals surface area contributed by atoms with Crippen molar-refractivity contribution in [2.24, 2.45) is 0 Å². The molecule has 0 bridgehead atoms. The lowest BCUT2D eigenvalue weighted by atomic mass is 9.60. The van der Waals surface area contributed by atoms with Crippen LogP contribution in [0.15, 0.2) is 18.2 Å². The summed E-state index contributed by atoms with van der Waals surface area (Å²) in [5, 5.41) is 1.35. The Hall–Kier alpha value is -0.240. The van der Waals surface area contributed by atoms with E-state index in [4.69, 9.17) is 23.2 Å². The molecule has 1 aromatic rings. The largest absolute Gasteiger partial charge is 0.300 e. The number of benzene rings is 1. The van der Waals surface area contributed by atoms with Gasteiger partial charge in [0, 0.05) is 11.5 Å². The Morgan fingerprint density at radius 2 is 1.74 bits per heavy atom. The van der Waals surface area contributed by atoms with Gasteiger partial charge in [0.1, 0.15) is 0 Å². The summed E-state index contributed by atoms with van der Waals surface area (Å²) in [6, 6.07) is 6.84. The molecule has 1 atom stereocenters. The molecule has 2 fully saturated rings. The van der Waals surface area contributed by atoms with Crippen molar-refractivity contribution in [1.29, 1.82) is 0 Å². The highest BCUT2D eigenvalue weighted by Crippen LogP contribution is 2.49. The van der Waals surface area contributed by atoms with Crippen LogP contribution in [0.25, 0.3) is 0 Å². The van der Waals surface area contributed by atoms with E-state index in [2.05, 4.69) is 24.0 Å². The van der Waals surface area contributed by atoms with E-state index in [9.17, 15) is 0 Å². The number of halogens is 2. The molecule has 1 nitrogen and oxygen atoms in total. The predicted octanol–water partition coefficient (Wildman–Crippen LogP) is 4.90. The zero-order valence-electron chi connectivity index (χ0n) is 11.5. The van der Waals surface area contributed by atoms with Gasteiger partial charge in [0.2, 0.25) is 0 Å². The molecule has 2 aliphatic rings. The van der Waals surface area contributed by atoms with Gasteiger partial charge in [-0.2, -0.15) is 0 Å². The Morgan fingerprint density at radius 1 is 1.05 bits per heavy atom. The van der Waals surface area contributed by atoms with E-state index in [1.807, 2.05) is 6.07 Å². The molecule has 104 valence electrons. The Morgan fingerprint density at radius 3 is 2.26 bits per heavy atom. The van der Waals surface area contributed by atoms with Crippen molar-refractivity contribution < 1.29 is 0 Å². The summed E-state index contributed by atoms with van der Waals surface area (Å²) in [5.74, 6) is 0. The zero-order valence-corrected chi connectivity index (χ0v) is 13.0. The van der Waals surface area contributed by atoms with Gasteiger partial charge < -0.3 is 0 Å². The average Bonchev–Trinajstić information content (AvgIpc) is 2.85. The first kappa shape index (κ1) is 13.7. The van der Waals surface area contributed by atoms with Crippen LogP contribution in [0.4, 0.5) is 0 Å². The Kier molecular flexibility index (Phi) is 3.81. The number of hydrogen-bond donors (Lipinski definition) is 0. The fraction of sp³-hybridized carbons (Fsp3) is 0.625. The molecule has 0 aromatic heterocycles. The lowest BCUT2D eigenvalue weighted by molar-refractivity contribution is 0.0906. The van der Waals surface area contributed by atoms with E-state index in [1.54, 1.807) is 0 Å². The maximum atomic E-state index is 6.22. The molecule has 3 rings (SSSR count). The molecular formula is C16H21Cl2N. The van der Waals surface area contributed by atoms with Crippen LogP contribution in [-0.4, -0.2) is 24.0 Å². The van der Waals surface area contributed by atoms with Crippen molar-refractivity contribution in [3.05, 3.63) is 33.8 Å². The van der Waals surface area contributed by atoms with Crippen LogP contribution >= 0.6 is 23.2 Å². The molecule has 0 radical (unpaired) electrons. The van der Waals surface area contributed by atoms with Crippen molar-refractivity contribution >= 4 is 23.2 Å². The standard InChI is InChI=1S/C16H21Cl2N/c1-12(19-9-2-3-10-19)16(7-4-8-16)13-5-6-14(17)15(18)11-13/h5-6,11-12H,2-4,7-10H2,1H3. The van der Waals surface area contributed by atoms with Crippen LogP contribution in [0.5, 0.6) is 0 Å². The van der Waals surface area contributed by atoms with E-state index >= 15 is 0 Å². The third kappa shape index (κ3) is 2.30. The highest BCUT2D eigenvalue weighted by molar-refractivity contribution is 6.42. The summed E-state index contributed by atoms with van der Waals surface area (Å²) in [4.78, 5) is 2.65. The number of likely N-dealkylation sites (tertiary alicyclic amines) is 1. The first-order chi connectivity index (χ1) is 9.13. The first-order valence-corrected chi connectivity index (χ1v) is 8.09. The van der Waals surface area contributed by atoms with Crippen molar-refractivity contribution in [3.63, 3.8) is 0 Å². The third-order valence-electron chi connectivity index (χ3n) is 5.23. The SMILES string of the molecule is CC(N1CCCC1)C1(c2ccc(Cl)c(Cl)c2)CCC1. The second-order valence-corrected chi connectivity index (χ2v) is 6.87. The topological polar surface area (TPSA) is 3.24 Å². The van der Waals surface area contributed by atoms with Crippen molar-refractivity contribution in [3.8, 4) is 0 Å². The smallest absolute Gasteiger partial charge is 0.0595 e. The molecule has 1 aromatic carbocycles. The number of hydrogen-bond acceptors (Lipinski definition) is 1. The quantitative estimate of drug-likeness (QED) is 0.767. The molecule has 0 N–H and O–H groups in total. The second kappa shape index (κ2) is 5.27. The maximum absolute atomic E-state index is 6.22. The molecule has 1 saturated carbocycles. The van der Waals surface area contributed by atoms with Gasteiger partial charge in [-0.1, -0.05) is 35.7 Å². The summed E-state index contributed by atoms with van der Waals surface area (Å²) < 4.78 is 0. The molecule has 19 heavy (non-hydrogen) atoms. The van der Waals surface area contributed by atoms with E-state index in [0.717, 1.165) is 0 Å². The Labute approximate surface area is 125 Å². The van der Waals surface area contributed by atoms with Crippen molar-refractivity contribution in [1.82, 2.24) is 4.90 Å². The lowest BCUT2D eigenvalue weighted by Crippen LogP contribution is -2.52. The van der Waals surface area contributed by atoms with Gasteiger partial charge >= 0.3 is 0 Å². The summed E-state index contributed by atoms with van der Waals surface area (Å²) in [6.07, 6.45) is 6.59. The minimum absolute atomic E-state index is 0.304. The number of rotatable bonds is 3. The molecule has 0 spiro atoms. The van der Waals surface area contributed by atoms with Gasteiger partial charge in [-0.05, 0) is 63.4 Å². The van der Waals surface area contributed by atoms with E-state index in [1.165, 1.54) is 50.8 Å². The van der Waals surface area contributed by atoms with Crippen LogP contribution in [-0.2, 0) is 5.41 Å².